The second-order valence-electron chi connectivity index (χ2n) is 3.71. The van der Waals surface area contributed by atoms with Gasteiger partial charge in [-0.1, -0.05) is 31.1 Å². The second kappa shape index (κ2) is 5.88. The van der Waals surface area contributed by atoms with Crippen molar-refractivity contribution in [3.05, 3.63) is 34.5 Å². The molecule has 5 heteroatoms. The fraction of sp³-hybridized carbons (Fsp3) is 0.500. The maximum atomic E-state index is 8.07. The molecule has 0 atom stereocenters. The molecule has 0 aliphatic heterocycles. The van der Waals surface area contributed by atoms with Gasteiger partial charge in [-0.25, -0.2) is 0 Å². The van der Waals surface area contributed by atoms with Gasteiger partial charge in [0.15, 0.2) is 0 Å². The molecule has 15 heavy (non-hydrogen) atoms. The van der Waals surface area contributed by atoms with Crippen LogP contribution in [0, 0.1) is 5.92 Å². The fourth-order valence-corrected chi connectivity index (χ4v) is 1.21. The molecule has 0 amide bonds. The highest BCUT2D eigenvalue weighted by atomic mass is 15.3. The van der Waals surface area contributed by atoms with E-state index in [1.54, 1.807) is 6.20 Å². The van der Waals surface area contributed by atoms with E-state index in [0.29, 0.717) is 12.5 Å². The average Bonchev–Trinajstić information content (AvgIpc) is 2.59. The van der Waals surface area contributed by atoms with Gasteiger partial charge < -0.3 is 0 Å². The van der Waals surface area contributed by atoms with E-state index in [9.17, 15) is 0 Å². The van der Waals surface area contributed by atoms with Crippen LogP contribution in [0.2, 0.25) is 0 Å². The SMILES string of the molecule is CC(C)Cn1cc(C=CCN=[N+]=[N-])cn1. The van der Waals surface area contributed by atoms with Crippen molar-refractivity contribution in [1.29, 1.82) is 0 Å². The van der Waals surface area contributed by atoms with Crippen LogP contribution >= 0.6 is 0 Å². The minimum atomic E-state index is 0.381. The van der Waals surface area contributed by atoms with Gasteiger partial charge in [0, 0.05) is 29.8 Å². The van der Waals surface area contributed by atoms with Crippen LogP contribution in [0.15, 0.2) is 23.6 Å². The first-order valence-corrected chi connectivity index (χ1v) is 4.92. The molecule has 0 aliphatic carbocycles. The van der Waals surface area contributed by atoms with Crippen LogP contribution in [-0.2, 0) is 6.54 Å². The van der Waals surface area contributed by atoms with Gasteiger partial charge in [0.25, 0.3) is 0 Å². The monoisotopic (exact) mass is 205 g/mol. The molecular weight excluding hydrogens is 190 g/mol. The first-order chi connectivity index (χ1) is 7.22. The molecule has 0 radical (unpaired) electrons. The van der Waals surface area contributed by atoms with Gasteiger partial charge in [-0.05, 0) is 11.4 Å². The molecule has 0 saturated carbocycles. The van der Waals surface area contributed by atoms with E-state index in [1.165, 1.54) is 0 Å². The molecule has 0 aromatic carbocycles. The summed E-state index contributed by atoms with van der Waals surface area (Å²) in [6.45, 7) is 5.60. The summed E-state index contributed by atoms with van der Waals surface area (Å²) in [5.41, 5.74) is 9.11. The molecule has 0 saturated heterocycles. The predicted molar refractivity (Wildman–Crippen MR) is 60.1 cm³/mol. The maximum Gasteiger partial charge on any atom is 0.0562 e. The highest BCUT2D eigenvalue weighted by molar-refractivity contribution is 5.46. The highest BCUT2D eigenvalue weighted by Gasteiger charge is 1.97. The van der Waals surface area contributed by atoms with Crippen molar-refractivity contribution in [3.63, 3.8) is 0 Å². The van der Waals surface area contributed by atoms with Gasteiger partial charge in [-0.3, -0.25) is 4.68 Å². The predicted octanol–water partition coefficient (Wildman–Crippen LogP) is 2.86. The Kier molecular flexibility index (Phi) is 4.44. The summed E-state index contributed by atoms with van der Waals surface area (Å²) in [6.07, 6.45) is 7.50. The lowest BCUT2D eigenvalue weighted by molar-refractivity contribution is 0.483. The van der Waals surface area contributed by atoms with Crippen LogP contribution in [0.4, 0.5) is 0 Å². The van der Waals surface area contributed by atoms with E-state index >= 15 is 0 Å². The zero-order valence-electron chi connectivity index (χ0n) is 9.04. The van der Waals surface area contributed by atoms with Crippen molar-refractivity contribution in [2.45, 2.75) is 20.4 Å². The average molecular weight is 205 g/mol. The highest BCUT2D eigenvalue weighted by Crippen LogP contribution is 2.03. The minimum absolute atomic E-state index is 0.381. The lowest BCUT2D eigenvalue weighted by Gasteiger charge is -2.02. The third kappa shape index (κ3) is 4.33. The minimum Gasteiger partial charge on any atom is -0.272 e. The van der Waals surface area contributed by atoms with E-state index in [4.69, 9.17) is 5.53 Å². The van der Waals surface area contributed by atoms with Gasteiger partial charge in [-0.15, -0.1) is 0 Å². The number of azide groups is 1. The van der Waals surface area contributed by atoms with Crippen LogP contribution in [0.3, 0.4) is 0 Å². The topological polar surface area (TPSA) is 66.6 Å². The number of hydrogen-bond acceptors (Lipinski definition) is 2. The van der Waals surface area contributed by atoms with Gasteiger partial charge in [-0.2, -0.15) is 5.10 Å². The van der Waals surface area contributed by atoms with Crippen molar-refractivity contribution in [2.24, 2.45) is 11.0 Å². The molecule has 0 bridgehead atoms. The Morgan fingerprint density at radius 3 is 3.13 bits per heavy atom. The summed E-state index contributed by atoms with van der Waals surface area (Å²) < 4.78 is 1.91. The molecule has 0 aliphatic rings. The van der Waals surface area contributed by atoms with Gasteiger partial charge in [0.1, 0.15) is 0 Å². The number of rotatable bonds is 5. The van der Waals surface area contributed by atoms with Gasteiger partial charge in [0.05, 0.1) is 6.20 Å². The zero-order chi connectivity index (χ0) is 11.1. The molecule has 0 spiro atoms. The van der Waals surface area contributed by atoms with E-state index in [2.05, 4.69) is 29.0 Å². The summed E-state index contributed by atoms with van der Waals surface area (Å²) in [6, 6.07) is 0. The van der Waals surface area contributed by atoms with Crippen molar-refractivity contribution in [2.75, 3.05) is 6.54 Å². The second-order valence-corrected chi connectivity index (χ2v) is 3.71. The first kappa shape index (κ1) is 11.3. The fourth-order valence-electron chi connectivity index (χ4n) is 1.21. The molecule has 1 aromatic heterocycles. The van der Waals surface area contributed by atoms with Crippen LogP contribution in [0.5, 0.6) is 0 Å². The molecule has 0 fully saturated rings. The number of nitrogens with zero attached hydrogens (tertiary/aromatic N) is 5. The molecule has 0 N–H and O–H groups in total. The van der Waals surface area contributed by atoms with Crippen molar-refractivity contribution < 1.29 is 0 Å². The summed E-state index contributed by atoms with van der Waals surface area (Å²) in [5, 5.41) is 7.63. The molecule has 1 heterocycles. The molecule has 0 unspecified atom stereocenters. The summed E-state index contributed by atoms with van der Waals surface area (Å²) in [5.74, 6) is 0.588. The van der Waals surface area contributed by atoms with Crippen molar-refractivity contribution in [3.8, 4) is 0 Å². The normalized spacial score (nSPS) is 10.9. The number of aromatic nitrogens is 2. The Labute approximate surface area is 89.0 Å². The Morgan fingerprint density at radius 1 is 1.67 bits per heavy atom. The van der Waals surface area contributed by atoms with E-state index < -0.39 is 0 Å². The lowest BCUT2D eigenvalue weighted by Crippen LogP contribution is -2.03. The summed E-state index contributed by atoms with van der Waals surface area (Å²) in [4.78, 5) is 2.66. The van der Waals surface area contributed by atoms with E-state index in [1.807, 2.05) is 23.0 Å². The number of hydrogen-bond donors (Lipinski definition) is 0. The molecule has 1 aromatic rings. The maximum absolute atomic E-state index is 8.07. The Hall–Kier alpha value is -1.74. The molecule has 1 rings (SSSR count). The Bertz CT molecular complexity index is 371. The molecular formula is C10H15N5. The molecule has 80 valence electrons. The van der Waals surface area contributed by atoms with Gasteiger partial charge in [0.2, 0.25) is 0 Å². The summed E-state index contributed by atoms with van der Waals surface area (Å²) >= 11 is 0. The third-order valence-electron chi connectivity index (χ3n) is 1.77. The molecule has 5 nitrogen and oxygen atoms in total. The standard InChI is InChI=1S/C10H15N5/c1-9(2)7-15-8-10(6-13-15)4-3-5-12-14-11/h3-4,6,8-9H,5,7H2,1-2H3. The quantitative estimate of drug-likeness (QED) is 0.414. The summed E-state index contributed by atoms with van der Waals surface area (Å²) in [7, 11) is 0. The Morgan fingerprint density at radius 2 is 2.47 bits per heavy atom. The largest absolute Gasteiger partial charge is 0.272 e. The lowest BCUT2D eigenvalue weighted by atomic mass is 10.2. The van der Waals surface area contributed by atoms with Crippen LogP contribution < -0.4 is 0 Å². The first-order valence-electron chi connectivity index (χ1n) is 4.92. The van der Waals surface area contributed by atoms with Crippen LogP contribution in [0.25, 0.3) is 16.5 Å². The third-order valence-corrected chi connectivity index (χ3v) is 1.77. The van der Waals surface area contributed by atoms with E-state index in [-0.39, 0.29) is 0 Å². The van der Waals surface area contributed by atoms with Crippen LogP contribution in [0.1, 0.15) is 19.4 Å². The van der Waals surface area contributed by atoms with Gasteiger partial charge >= 0.3 is 0 Å². The Balaban J connectivity index is 2.52. The van der Waals surface area contributed by atoms with E-state index in [0.717, 1.165) is 12.1 Å². The smallest absolute Gasteiger partial charge is 0.0562 e. The van der Waals surface area contributed by atoms with Crippen molar-refractivity contribution >= 4 is 6.08 Å². The zero-order valence-corrected chi connectivity index (χ0v) is 9.04. The van der Waals surface area contributed by atoms with Crippen molar-refractivity contribution in [1.82, 2.24) is 9.78 Å². The van der Waals surface area contributed by atoms with Crippen LogP contribution in [-0.4, -0.2) is 16.3 Å².